The van der Waals surface area contributed by atoms with Crippen LogP contribution in [0, 0.1) is 0 Å². The molecule has 0 radical (unpaired) electrons. The zero-order valence-electron chi connectivity index (χ0n) is 12.1. The Bertz CT molecular complexity index is 1070. The molecular formula is C17H13NO4. The second kappa shape index (κ2) is 4.53. The Labute approximate surface area is 125 Å². The van der Waals surface area contributed by atoms with Crippen LogP contribution < -0.4 is 15.0 Å². The Kier molecular flexibility index (Phi) is 2.63. The summed E-state index contributed by atoms with van der Waals surface area (Å²) >= 11 is 0. The van der Waals surface area contributed by atoms with E-state index >= 15 is 0 Å². The molecule has 5 heteroatoms. The molecule has 5 nitrogen and oxygen atoms in total. The van der Waals surface area contributed by atoms with E-state index in [9.17, 15) is 4.79 Å². The maximum Gasteiger partial charge on any atom is 0.260 e. The first-order valence-electron chi connectivity index (χ1n) is 6.81. The lowest BCUT2D eigenvalue weighted by molar-refractivity contribution is 0.414. The normalized spacial score (nSPS) is 11.4. The van der Waals surface area contributed by atoms with Gasteiger partial charge < -0.3 is 18.9 Å². The van der Waals surface area contributed by atoms with Gasteiger partial charge >= 0.3 is 0 Å². The molecule has 0 aliphatic heterocycles. The number of H-pyrrole nitrogens is 1. The number of hydrogen-bond acceptors (Lipinski definition) is 4. The Morgan fingerprint density at radius 1 is 0.955 bits per heavy atom. The van der Waals surface area contributed by atoms with E-state index in [1.807, 2.05) is 24.3 Å². The summed E-state index contributed by atoms with van der Waals surface area (Å²) in [6.07, 6.45) is 0. The first-order valence-corrected chi connectivity index (χ1v) is 6.81. The highest BCUT2D eigenvalue weighted by atomic mass is 16.5. The highest BCUT2D eigenvalue weighted by Gasteiger charge is 2.15. The smallest absolute Gasteiger partial charge is 0.260 e. The zero-order valence-corrected chi connectivity index (χ0v) is 12.1. The van der Waals surface area contributed by atoms with Gasteiger partial charge in [0.25, 0.3) is 5.56 Å². The molecule has 0 amide bonds. The van der Waals surface area contributed by atoms with Gasteiger partial charge in [-0.05, 0) is 24.3 Å². The van der Waals surface area contributed by atoms with Gasteiger partial charge in [-0.1, -0.05) is 0 Å². The second-order valence-electron chi connectivity index (χ2n) is 5.03. The molecular weight excluding hydrogens is 282 g/mol. The van der Waals surface area contributed by atoms with Gasteiger partial charge in [-0.3, -0.25) is 4.79 Å². The molecule has 2 aromatic carbocycles. The molecule has 0 fully saturated rings. The third-order valence-electron chi connectivity index (χ3n) is 3.84. The standard InChI is InChI=1S/C17H13NO4/c1-20-9-3-5-11-13(7-9)18-17(19)15-12-6-4-10(21-2)8-14(12)22-16(11)15/h3-8H,1-2H3,(H,18,19). The van der Waals surface area contributed by atoms with E-state index in [2.05, 4.69) is 4.98 Å². The Morgan fingerprint density at radius 3 is 2.36 bits per heavy atom. The van der Waals surface area contributed by atoms with Crippen molar-refractivity contribution < 1.29 is 13.9 Å². The molecule has 4 aromatic rings. The Balaban J connectivity index is 2.18. The molecule has 0 atom stereocenters. The molecule has 1 N–H and O–H groups in total. The fraction of sp³-hybridized carbons (Fsp3) is 0.118. The minimum Gasteiger partial charge on any atom is -0.497 e. The highest BCUT2D eigenvalue weighted by Crippen LogP contribution is 2.33. The number of pyridine rings is 1. The summed E-state index contributed by atoms with van der Waals surface area (Å²) in [5, 5.41) is 2.16. The molecule has 0 aliphatic carbocycles. The van der Waals surface area contributed by atoms with Crippen molar-refractivity contribution in [2.24, 2.45) is 0 Å². The second-order valence-corrected chi connectivity index (χ2v) is 5.03. The third kappa shape index (κ3) is 1.69. The topological polar surface area (TPSA) is 64.5 Å². The summed E-state index contributed by atoms with van der Waals surface area (Å²) in [6.45, 7) is 0. The first kappa shape index (κ1) is 12.8. The van der Waals surface area contributed by atoms with Crippen molar-refractivity contribution in [2.75, 3.05) is 14.2 Å². The number of aromatic nitrogens is 1. The fourth-order valence-corrected chi connectivity index (χ4v) is 2.76. The van der Waals surface area contributed by atoms with Crippen LogP contribution in [0.1, 0.15) is 0 Å². The van der Waals surface area contributed by atoms with E-state index in [0.717, 1.165) is 10.8 Å². The lowest BCUT2D eigenvalue weighted by Gasteiger charge is -2.02. The minimum atomic E-state index is -0.181. The molecule has 0 aliphatic rings. The molecule has 22 heavy (non-hydrogen) atoms. The van der Waals surface area contributed by atoms with Crippen molar-refractivity contribution in [1.29, 1.82) is 0 Å². The van der Waals surface area contributed by atoms with Crippen LogP contribution >= 0.6 is 0 Å². The van der Waals surface area contributed by atoms with E-state index in [1.54, 1.807) is 26.4 Å². The van der Waals surface area contributed by atoms with Crippen LogP contribution in [0.15, 0.2) is 45.6 Å². The number of hydrogen-bond donors (Lipinski definition) is 1. The number of rotatable bonds is 2. The van der Waals surface area contributed by atoms with Crippen LogP contribution in [0.4, 0.5) is 0 Å². The van der Waals surface area contributed by atoms with E-state index in [1.165, 1.54) is 0 Å². The molecule has 0 bridgehead atoms. The van der Waals surface area contributed by atoms with Gasteiger partial charge in [0.2, 0.25) is 0 Å². The van der Waals surface area contributed by atoms with Crippen LogP contribution in [-0.4, -0.2) is 19.2 Å². The SMILES string of the molecule is COc1ccc2c(c1)[nH]c(=O)c1c3ccc(OC)cc3oc21. The van der Waals surface area contributed by atoms with Gasteiger partial charge in [-0.2, -0.15) is 0 Å². The van der Waals surface area contributed by atoms with Gasteiger partial charge in [0.05, 0.1) is 25.1 Å². The summed E-state index contributed by atoms with van der Waals surface area (Å²) < 4.78 is 16.3. The van der Waals surface area contributed by atoms with Gasteiger partial charge in [-0.25, -0.2) is 0 Å². The lowest BCUT2D eigenvalue weighted by Crippen LogP contribution is -2.05. The molecule has 0 saturated carbocycles. The summed E-state index contributed by atoms with van der Waals surface area (Å²) in [5.74, 6) is 1.37. The van der Waals surface area contributed by atoms with Crippen molar-refractivity contribution >= 4 is 32.8 Å². The van der Waals surface area contributed by atoms with E-state index < -0.39 is 0 Å². The quantitative estimate of drug-likeness (QED) is 0.615. The number of fused-ring (bicyclic) bond motifs is 5. The fourth-order valence-electron chi connectivity index (χ4n) is 2.76. The predicted octanol–water partition coefficient (Wildman–Crippen LogP) is 3.44. The maximum absolute atomic E-state index is 12.4. The molecule has 0 saturated heterocycles. The number of ether oxygens (including phenoxy) is 2. The van der Waals surface area contributed by atoms with Crippen LogP contribution in [0.2, 0.25) is 0 Å². The van der Waals surface area contributed by atoms with Crippen molar-refractivity contribution in [3.8, 4) is 11.5 Å². The van der Waals surface area contributed by atoms with E-state index in [0.29, 0.717) is 33.6 Å². The molecule has 0 unspecified atom stereocenters. The minimum absolute atomic E-state index is 0.181. The predicted molar refractivity (Wildman–Crippen MR) is 85.0 cm³/mol. The number of methoxy groups -OCH3 is 2. The molecule has 2 heterocycles. The monoisotopic (exact) mass is 295 g/mol. The van der Waals surface area contributed by atoms with E-state index in [4.69, 9.17) is 13.9 Å². The van der Waals surface area contributed by atoms with Crippen molar-refractivity contribution in [2.45, 2.75) is 0 Å². The summed E-state index contributed by atoms with van der Waals surface area (Å²) in [7, 11) is 3.18. The number of benzene rings is 2. The van der Waals surface area contributed by atoms with Crippen molar-refractivity contribution in [3.63, 3.8) is 0 Å². The summed E-state index contributed by atoms with van der Waals surface area (Å²) in [6, 6.07) is 10.9. The average Bonchev–Trinajstić information content (AvgIpc) is 2.93. The van der Waals surface area contributed by atoms with Crippen LogP contribution in [-0.2, 0) is 0 Å². The number of aromatic amines is 1. The summed E-state index contributed by atoms with van der Waals surface area (Å²) in [4.78, 5) is 15.3. The van der Waals surface area contributed by atoms with Gasteiger partial charge in [0.1, 0.15) is 22.7 Å². The Hall–Kier alpha value is -2.95. The van der Waals surface area contributed by atoms with Gasteiger partial charge in [-0.15, -0.1) is 0 Å². The number of nitrogens with one attached hydrogen (secondary N) is 1. The van der Waals surface area contributed by atoms with Crippen LogP contribution in [0.3, 0.4) is 0 Å². The third-order valence-corrected chi connectivity index (χ3v) is 3.84. The van der Waals surface area contributed by atoms with Crippen molar-refractivity contribution in [3.05, 3.63) is 46.8 Å². The molecule has 4 rings (SSSR count). The zero-order chi connectivity index (χ0) is 15.3. The molecule has 110 valence electrons. The van der Waals surface area contributed by atoms with Gasteiger partial charge in [0.15, 0.2) is 0 Å². The number of furan rings is 1. The van der Waals surface area contributed by atoms with Crippen molar-refractivity contribution in [1.82, 2.24) is 4.98 Å². The molecule has 2 aromatic heterocycles. The summed E-state index contributed by atoms with van der Waals surface area (Å²) in [5.41, 5.74) is 1.70. The van der Waals surface area contributed by atoms with Crippen LogP contribution in [0.5, 0.6) is 11.5 Å². The highest BCUT2D eigenvalue weighted by molar-refractivity contribution is 6.13. The average molecular weight is 295 g/mol. The van der Waals surface area contributed by atoms with Gasteiger partial charge in [0, 0.05) is 22.9 Å². The van der Waals surface area contributed by atoms with E-state index in [-0.39, 0.29) is 5.56 Å². The first-order chi connectivity index (χ1) is 10.7. The maximum atomic E-state index is 12.4. The largest absolute Gasteiger partial charge is 0.497 e. The Morgan fingerprint density at radius 2 is 1.64 bits per heavy atom. The lowest BCUT2D eigenvalue weighted by atomic mass is 10.1. The molecule has 0 spiro atoms. The van der Waals surface area contributed by atoms with Crippen LogP contribution in [0.25, 0.3) is 32.8 Å².